The fraction of sp³-hybridized carbons (Fsp3) is 0.478. The number of likely N-dealkylation sites (tertiary alicyclic amines) is 1. The van der Waals surface area contributed by atoms with Crippen molar-refractivity contribution in [3.8, 4) is 0 Å². The number of carbonyl (C=O) groups is 2. The van der Waals surface area contributed by atoms with Gasteiger partial charge in [0.25, 0.3) is 0 Å². The minimum absolute atomic E-state index is 0.0227. The van der Waals surface area contributed by atoms with Crippen LogP contribution in [0.3, 0.4) is 0 Å². The molecule has 6 nitrogen and oxygen atoms in total. The maximum Gasteiger partial charge on any atom is 0.236 e. The van der Waals surface area contributed by atoms with Gasteiger partial charge < -0.3 is 9.80 Å². The summed E-state index contributed by atoms with van der Waals surface area (Å²) in [4.78, 5) is 32.4. The van der Waals surface area contributed by atoms with Crippen LogP contribution in [0.5, 0.6) is 0 Å². The van der Waals surface area contributed by atoms with Crippen molar-refractivity contribution in [2.75, 3.05) is 52.4 Å². The predicted octanol–water partition coefficient (Wildman–Crippen LogP) is 2.19. The van der Waals surface area contributed by atoms with Gasteiger partial charge in [0.1, 0.15) is 0 Å². The van der Waals surface area contributed by atoms with Crippen LogP contribution in [0.4, 0.5) is 0 Å². The quantitative estimate of drug-likeness (QED) is 0.738. The van der Waals surface area contributed by atoms with E-state index in [1.54, 1.807) is 11.3 Å². The van der Waals surface area contributed by atoms with Gasteiger partial charge in [-0.3, -0.25) is 19.8 Å². The first kappa shape index (κ1) is 21.0. The molecule has 0 spiro atoms. The lowest BCUT2D eigenvalue weighted by Crippen LogP contribution is -2.53. The summed E-state index contributed by atoms with van der Waals surface area (Å²) in [6.45, 7) is 5.48. The fourth-order valence-corrected chi connectivity index (χ4v) is 5.03. The molecule has 1 aromatic carbocycles. The molecule has 2 aliphatic rings. The average molecular weight is 427 g/mol. The summed E-state index contributed by atoms with van der Waals surface area (Å²) < 4.78 is 0. The van der Waals surface area contributed by atoms with Crippen LogP contribution >= 0.6 is 11.3 Å². The molecule has 2 saturated heterocycles. The van der Waals surface area contributed by atoms with E-state index in [0.717, 1.165) is 44.6 Å². The Morgan fingerprint density at radius 2 is 1.57 bits per heavy atom. The normalized spacial score (nSPS) is 18.5. The van der Waals surface area contributed by atoms with Gasteiger partial charge in [0.2, 0.25) is 11.8 Å². The second kappa shape index (κ2) is 10.2. The molecule has 2 fully saturated rings. The Labute approximate surface area is 182 Å². The molecule has 2 aliphatic heterocycles. The van der Waals surface area contributed by atoms with Crippen LogP contribution in [-0.2, 0) is 9.59 Å². The molecule has 160 valence electrons. The molecule has 30 heavy (non-hydrogen) atoms. The molecule has 0 aliphatic carbocycles. The van der Waals surface area contributed by atoms with Crippen LogP contribution < -0.4 is 5.32 Å². The number of carbonyl (C=O) groups excluding carboxylic acids is 2. The predicted molar refractivity (Wildman–Crippen MR) is 119 cm³/mol. The number of thiophene rings is 1. The standard InChI is InChI=1S/C23H30N4O2S/c28-21(17-24-23(20-9-6-16-30-20)19-7-2-1-3-8-19)27-14-12-25(13-15-27)18-22(29)26-10-4-5-11-26/h1-3,6-9,16,23-24H,4-5,10-15,17-18H2/t23-/m1/s1. The van der Waals surface area contributed by atoms with Gasteiger partial charge in [0.05, 0.1) is 19.1 Å². The van der Waals surface area contributed by atoms with Gasteiger partial charge in [-0.25, -0.2) is 0 Å². The molecule has 0 unspecified atom stereocenters. The summed E-state index contributed by atoms with van der Waals surface area (Å²) in [5, 5.41) is 5.53. The van der Waals surface area contributed by atoms with Gasteiger partial charge >= 0.3 is 0 Å². The highest BCUT2D eigenvalue weighted by molar-refractivity contribution is 7.10. The van der Waals surface area contributed by atoms with Gasteiger partial charge in [-0.2, -0.15) is 0 Å². The molecule has 0 bridgehead atoms. The van der Waals surface area contributed by atoms with Crippen LogP contribution in [0.25, 0.3) is 0 Å². The van der Waals surface area contributed by atoms with E-state index in [9.17, 15) is 9.59 Å². The molecule has 0 saturated carbocycles. The zero-order valence-corrected chi connectivity index (χ0v) is 18.2. The number of piperazine rings is 1. The molecule has 2 aromatic rings. The van der Waals surface area contributed by atoms with Crippen LogP contribution in [-0.4, -0.2) is 78.9 Å². The lowest BCUT2D eigenvalue weighted by molar-refractivity contribution is -0.134. The maximum atomic E-state index is 12.8. The molecule has 0 radical (unpaired) electrons. The van der Waals surface area contributed by atoms with Gasteiger partial charge in [-0.15, -0.1) is 11.3 Å². The summed E-state index contributed by atoms with van der Waals surface area (Å²) >= 11 is 1.70. The number of hydrogen-bond acceptors (Lipinski definition) is 5. The second-order valence-corrected chi connectivity index (χ2v) is 8.96. The average Bonchev–Trinajstić information content (AvgIpc) is 3.50. The second-order valence-electron chi connectivity index (χ2n) is 7.98. The van der Waals surface area contributed by atoms with E-state index in [1.807, 2.05) is 34.1 Å². The first-order valence-electron chi connectivity index (χ1n) is 10.8. The third kappa shape index (κ3) is 5.28. The topological polar surface area (TPSA) is 55.9 Å². The van der Waals surface area contributed by atoms with Crippen molar-refractivity contribution in [2.45, 2.75) is 18.9 Å². The highest BCUT2D eigenvalue weighted by Gasteiger charge is 2.26. The Morgan fingerprint density at radius 3 is 2.23 bits per heavy atom. The van der Waals surface area contributed by atoms with E-state index < -0.39 is 0 Å². The molecule has 1 N–H and O–H groups in total. The van der Waals surface area contributed by atoms with E-state index in [-0.39, 0.29) is 17.9 Å². The summed E-state index contributed by atoms with van der Waals surface area (Å²) in [6.07, 6.45) is 2.24. The van der Waals surface area contributed by atoms with Gasteiger partial charge in [-0.05, 0) is 29.9 Å². The van der Waals surface area contributed by atoms with Crippen molar-refractivity contribution in [2.24, 2.45) is 0 Å². The van der Waals surface area contributed by atoms with E-state index in [0.29, 0.717) is 26.2 Å². The van der Waals surface area contributed by atoms with Gasteiger partial charge in [0, 0.05) is 44.1 Å². The van der Waals surface area contributed by atoms with Crippen molar-refractivity contribution in [3.05, 3.63) is 58.3 Å². The van der Waals surface area contributed by atoms with Gasteiger partial charge in [-0.1, -0.05) is 36.4 Å². The molecule has 1 aromatic heterocycles. The van der Waals surface area contributed by atoms with Crippen LogP contribution in [0, 0.1) is 0 Å². The zero-order chi connectivity index (χ0) is 20.8. The molecular formula is C23H30N4O2S. The van der Waals surface area contributed by atoms with Crippen molar-refractivity contribution >= 4 is 23.2 Å². The maximum absolute atomic E-state index is 12.8. The number of benzene rings is 1. The van der Waals surface area contributed by atoms with E-state index >= 15 is 0 Å². The number of amides is 2. The number of hydrogen-bond donors (Lipinski definition) is 1. The molecule has 1 atom stereocenters. The van der Waals surface area contributed by atoms with Crippen LogP contribution in [0.15, 0.2) is 47.8 Å². The monoisotopic (exact) mass is 426 g/mol. The van der Waals surface area contributed by atoms with Crippen molar-refractivity contribution in [1.29, 1.82) is 0 Å². The first-order valence-corrected chi connectivity index (χ1v) is 11.7. The van der Waals surface area contributed by atoms with E-state index in [1.165, 1.54) is 4.88 Å². The highest BCUT2D eigenvalue weighted by Crippen LogP contribution is 2.25. The Morgan fingerprint density at radius 1 is 0.867 bits per heavy atom. The summed E-state index contributed by atoms with van der Waals surface area (Å²) in [5.41, 5.74) is 1.16. The molecule has 3 heterocycles. The van der Waals surface area contributed by atoms with E-state index in [2.05, 4.69) is 33.8 Å². The fourth-order valence-electron chi connectivity index (χ4n) is 4.20. The van der Waals surface area contributed by atoms with Crippen molar-refractivity contribution < 1.29 is 9.59 Å². The Hall–Kier alpha value is -2.22. The third-order valence-electron chi connectivity index (χ3n) is 5.96. The summed E-state index contributed by atoms with van der Waals surface area (Å²) in [6, 6.07) is 14.4. The third-order valence-corrected chi connectivity index (χ3v) is 6.90. The molecule has 4 rings (SSSR count). The van der Waals surface area contributed by atoms with Crippen LogP contribution in [0.1, 0.15) is 29.3 Å². The Kier molecular flexibility index (Phi) is 7.15. The lowest BCUT2D eigenvalue weighted by atomic mass is 10.1. The number of rotatable bonds is 7. The van der Waals surface area contributed by atoms with E-state index in [4.69, 9.17) is 0 Å². The largest absolute Gasteiger partial charge is 0.342 e. The van der Waals surface area contributed by atoms with Crippen molar-refractivity contribution in [1.82, 2.24) is 20.0 Å². The highest BCUT2D eigenvalue weighted by atomic mass is 32.1. The number of nitrogens with one attached hydrogen (secondary N) is 1. The number of nitrogens with zero attached hydrogens (tertiary/aromatic N) is 3. The van der Waals surface area contributed by atoms with Gasteiger partial charge in [0.15, 0.2) is 0 Å². The lowest BCUT2D eigenvalue weighted by Gasteiger charge is -2.35. The Balaban J connectivity index is 1.26. The smallest absolute Gasteiger partial charge is 0.236 e. The Bertz CT molecular complexity index is 813. The molecule has 7 heteroatoms. The van der Waals surface area contributed by atoms with Crippen molar-refractivity contribution in [3.63, 3.8) is 0 Å². The van der Waals surface area contributed by atoms with Crippen LogP contribution in [0.2, 0.25) is 0 Å². The minimum Gasteiger partial charge on any atom is -0.342 e. The summed E-state index contributed by atoms with van der Waals surface area (Å²) in [5.74, 6) is 0.355. The first-order chi connectivity index (χ1) is 14.7. The summed E-state index contributed by atoms with van der Waals surface area (Å²) in [7, 11) is 0. The zero-order valence-electron chi connectivity index (χ0n) is 17.3. The minimum atomic E-state index is 0.0227. The molecule has 2 amide bonds. The SMILES string of the molecule is O=C(CN[C@H](c1ccccc1)c1cccs1)N1CCN(CC(=O)N2CCCC2)CC1. The molecular weight excluding hydrogens is 396 g/mol.